The van der Waals surface area contributed by atoms with E-state index >= 15 is 0 Å². The molecule has 1 aliphatic carbocycles. The van der Waals surface area contributed by atoms with E-state index in [-0.39, 0.29) is 12.0 Å². The average Bonchev–Trinajstić information content (AvgIpc) is 3.23. The summed E-state index contributed by atoms with van der Waals surface area (Å²) in [6.07, 6.45) is -0.658. The number of hydrogen-bond donors (Lipinski definition) is 1. The van der Waals surface area contributed by atoms with Gasteiger partial charge in [-0.05, 0) is 37.8 Å². The maximum Gasteiger partial charge on any atom is 0.433 e. The van der Waals surface area contributed by atoms with E-state index in [1.54, 1.807) is 0 Å². The molecule has 0 radical (unpaired) electrons. The summed E-state index contributed by atoms with van der Waals surface area (Å²) < 4.78 is 49.2. The third kappa shape index (κ3) is 3.88. The number of likely N-dealkylation sites (N-methyl/N-ethyl adjacent to an activating group) is 1. The Morgan fingerprint density at radius 2 is 2.09 bits per heavy atom. The van der Waals surface area contributed by atoms with E-state index in [4.69, 9.17) is 14.5 Å². The van der Waals surface area contributed by atoms with E-state index in [0.29, 0.717) is 60.7 Å². The summed E-state index contributed by atoms with van der Waals surface area (Å²) in [5.74, 6) is 1.94. The molecule has 1 saturated heterocycles. The third-order valence-electron chi connectivity index (χ3n) is 6.73. The molecule has 1 atom stereocenters. The van der Waals surface area contributed by atoms with Crippen LogP contribution in [0.1, 0.15) is 36.5 Å². The van der Waals surface area contributed by atoms with E-state index in [9.17, 15) is 18.0 Å². The van der Waals surface area contributed by atoms with Gasteiger partial charge < -0.3 is 19.7 Å². The van der Waals surface area contributed by atoms with Crippen molar-refractivity contribution in [3.8, 4) is 5.75 Å². The zero-order valence-electron chi connectivity index (χ0n) is 18.3. The maximum absolute atomic E-state index is 12.8. The van der Waals surface area contributed by atoms with Gasteiger partial charge in [0, 0.05) is 26.5 Å². The fourth-order valence-electron chi connectivity index (χ4n) is 4.68. The molecule has 2 aliphatic heterocycles. The number of fused-ring (bicyclic) bond motifs is 1. The predicted octanol–water partition coefficient (Wildman–Crippen LogP) is 3.15. The number of carbonyl (C=O) groups is 1. The van der Waals surface area contributed by atoms with Crippen LogP contribution in [-0.2, 0) is 22.1 Å². The highest BCUT2D eigenvalue weighted by atomic mass is 19.4. The lowest BCUT2D eigenvalue weighted by Gasteiger charge is -2.42. The zero-order chi connectivity index (χ0) is 23.4. The second-order valence-electron chi connectivity index (χ2n) is 8.93. The molecular weight excluding hydrogens is 439 g/mol. The Hall–Kier alpha value is -2.95. The molecule has 2 aromatic rings. The number of aromatic nitrogens is 3. The summed E-state index contributed by atoms with van der Waals surface area (Å²) in [5, 5.41) is 2.97. The number of ether oxygens (including phenoxy) is 2. The van der Waals surface area contributed by atoms with Crippen molar-refractivity contribution < 1.29 is 27.4 Å². The van der Waals surface area contributed by atoms with Gasteiger partial charge in [0.1, 0.15) is 28.5 Å². The summed E-state index contributed by atoms with van der Waals surface area (Å²) in [6, 6.07) is 2.22. The van der Waals surface area contributed by atoms with E-state index in [0.717, 1.165) is 25.1 Å². The van der Waals surface area contributed by atoms with Crippen LogP contribution < -0.4 is 15.0 Å². The summed E-state index contributed by atoms with van der Waals surface area (Å²) in [5.41, 5.74) is -0.329. The van der Waals surface area contributed by atoms with Crippen LogP contribution in [0, 0.1) is 12.8 Å². The number of pyridine rings is 1. The van der Waals surface area contributed by atoms with Gasteiger partial charge >= 0.3 is 6.18 Å². The summed E-state index contributed by atoms with van der Waals surface area (Å²) in [7, 11) is 1.87. The van der Waals surface area contributed by atoms with Crippen LogP contribution in [0.3, 0.4) is 0 Å². The lowest BCUT2D eigenvalue weighted by molar-refractivity contribution is -0.141. The molecule has 5 rings (SSSR count). The first-order valence-corrected chi connectivity index (χ1v) is 10.9. The van der Waals surface area contributed by atoms with Crippen LogP contribution >= 0.6 is 0 Å². The molecule has 1 amide bonds. The highest BCUT2D eigenvalue weighted by Gasteiger charge is 2.50. The fraction of sp³-hybridized carbons (Fsp3) is 0.545. The van der Waals surface area contributed by atoms with Gasteiger partial charge in [-0.25, -0.2) is 15.0 Å². The molecule has 0 bridgehead atoms. The van der Waals surface area contributed by atoms with Crippen molar-refractivity contribution in [1.29, 1.82) is 0 Å². The Morgan fingerprint density at radius 1 is 1.30 bits per heavy atom. The molecular formula is C22H24F3N5O3. The number of rotatable bonds is 4. The molecule has 176 valence electrons. The molecule has 11 heteroatoms. The molecule has 1 saturated carbocycles. The quantitative estimate of drug-likeness (QED) is 0.745. The number of nitrogens with one attached hydrogen (secondary N) is 1. The molecule has 33 heavy (non-hydrogen) atoms. The standard InChI is InChI=1S/C22H24F3N5O3/c1-12-18-19(30(2)21(20(31)29-18)5-6-32-11-21)28-17(27-12)9-13-7-15(8-13)33-14-3-4-16(26-10-14)22(23,24)25/h3-4,10,13,15H,5-9,11H2,1-2H3,(H,29,31)/t13?,15?,21-/m0/s1. The Bertz CT molecular complexity index is 1060. The van der Waals surface area contributed by atoms with Crippen molar-refractivity contribution in [2.24, 2.45) is 5.92 Å². The molecule has 4 heterocycles. The van der Waals surface area contributed by atoms with Crippen LogP contribution in [0.4, 0.5) is 24.7 Å². The predicted molar refractivity (Wildman–Crippen MR) is 112 cm³/mol. The fourth-order valence-corrected chi connectivity index (χ4v) is 4.68. The molecule has 3 aliphatic rings. The first kappa shape index (κ1) is 21.9. The van der Waals surface area contributed by atoms with Gasteiger partial charge in [0.25, 0.3) is 5.91 Å². The van der Waals surface area contributed by atoms with Gasteiger partial charge in [-0.3, -0.25) is 4.79 Å². The van der Waals surface area contributed by atoms with Crippen LogP contribution in [0.15, 0.2) is 18.3 Å². The number of alkyl halides is 3. The van der Waals surface area contributed by atoms with Crippen LogP contribution in [0.2, 0.25) is 0 Å². The lowest BCUT2D eigenvalue weighted by Crippen LogP contribution is -2.59. The number of nitrogens with zero attached hydrogens (tertiary/aromatic N) is 4. The zero-order valence-corrected chi connectivity index (χ0v) is 18.3. The third-order valence-corrected chi connectivity index (χ3v) is 6.73. The van der Waals surface area contributed by atoms with Crippen LogP contribution in [-0.4, -0.2) is 52.8 Å². The van der Waals surface area contributed by atoms with E-state index in [2.05, 4.69) is 15.3 Å². The van der Waals surface area contributed by atoms with Crippen molar-refractivity contribution in [2.45, 2.75) is 50.4 Å². The Kier molecular flexibility index (Phi) is 5.19. The largest absolute Gasteiger partial charge is 0.489 e. The number of aryl methyl sites for hydroxylation is 1. The number of halogens is 3. The van der Waals surface area contributed by atoms with Crippen molar-refractivity contribution >= 4 is 17.4 Å². The normalized spacial score (nSPS) is 26.7. The lowest BCUT2D eigenvalue weighted by atomic mass is 9.80. The highest BCUT2D eigenvalue weighted by molar-refractivity contribution is 6.06. The van der Waals surface area contributed by atoms with E-state index < -0.39 is 17.4 Å². The maximum atomic E-state index is 12.8. The first-order chi connectivity index (χ1) is 15.7. The van der Waals surface area contributed by atoms with Gasteiger partial charge in [0.05, 0.1) is 24.6 Å². The minimum absolute atomic E-state index is 0.0758. The van der Waals surface area contributed by atoms with Crippen molar-refractivity contribution in [3.63, 3.8) is 0 Å². The van der Waals surface area contributed by atoms with Crippen molar-refractivity contribution in [3.05, 3.63) is 35.5 Å². The highest BCUT2D eigenvalue weighted by Crippen LogP contribution is 2.41. The minimum atomic E-state index is -4.46. The molecule has 1 N–H and O–H groups in total. The molecule has 2 aromatic heterocycles. The summed E-state index contributed by atoms with van der Waals surface area (Å²) >= 11 is 0. The Morgan fingerprint density at radius 3 is 2.73 bits per heavy atom. The van der Waals surface area contributed by atoms with Gasteiger partial charge in [-0.15, -0.1) is 0 Å². The minimum Gasteiger partial charge on any atom is -0.489 e. The van der Waals surface area contributed by atoms with Gasteiger partial charge in [-0.2, -0.15) is 13.2 Å². The first-order valence-electron chi connectivity index (χ1n) is 10.9. The number of amides is 1. The molecule has 0 unspecified atom stereocenters. The van der Waals surface area contributed by atoms with Crippen LogP contribution in [0.5, 0.6) is 5.75 Å². The van der Waals surface area contributed by atoms with Crippen molar-refractivity contribution in [2.75, 3.05) is 30.5 Å². The van der Waals surface area contributed by atoms with E-state index in [1.807, 2.05) is 18.9 Å². The molecule has 0 aromatic carbocycles. The number of hydrogen-bond acceptors (Lipinski definition) is 7. The van der Waals surface area contributed by atoms with Crippen molar-refractivity contribution in [1.82, 2.24) is 15.0 Å². The molecule has 2 fully saturated rings. The second kappa shape index (κ2) is 7.82. The number of carbonyl (C=O) groups excluding carboxylic acids is 1. The van der Waals surface area contributed by atoms with Crippen LogP contribution in [0.25, 0.3) is 0 Å². The molecule has 8 nitrogen and oxygen atoms in total. The van der Waals surface area contributed by atoms with Gasteiger partial charge in [-0.1, -0.05) is 0 Å². The van der Waals surface area contributed by atoms with Gasteiger partial charge in [0.2, 0.25) is 0 Å². The monoisotopic (exact) mass is 463 g/mol. The average molecular weight is 463 g/mol. The summed E-state index contributed by atoms with van der Waals surface area (Å²) in [4.78, 5) is 27.4. The topological polar surface area (TPSA) is 89.5 Å². The molecule has 1 spiro atoms. The SMILES string of the molecule is Cc1nc(CC2CC(Oc3ccc(C(F)(F)F)nc3)C2)nc2c1NC(=O)[C@@]1(CCOC1)N2C. The Labute approximate surface area is 188 Å². The second-order valence-corrected chi connectivity index (χ2v) is 8.93. The van der Waals surface area contributed by atoms with Gasteiger partial charge in [0.15, 0.2) is 5.82 Å². The van der Waals surface area contributed by atoms with E-state index in [1.165, 1.54) is 6.07 Å². The summed E-state index contributed by atoms with van der Waals surface area (Å²) in [6.45, 7) is 2.71. The smallest absolute Gasteiger partial charge is 0.433 e. The Balaban J connectivity index is 1.23. The number of anilines is 2.